The molecule has 0 saturated heterocycles. The van der Waals surface area contributed by atoms with E-state index in [1.807, 2.05) is 6.07 Å². The Morgan fingerprint density at radius 2 is 2.30 bits per heavy atom. The summed E-state index contributed by atoms with van der Waals surface area (Å²) in [6, 6.07) is 5.08. The number of benzene rings is 1. The smallest absolute Gasteiger partial charge is 0.322 e. The normalized spacial score (nSPS) is 15.7. The van der Waals surface area contributed by atoms with Gasteiger partial charge >= 0.3 is 6.03 Å². The Morgan fingerprint density at radius 1 is 1.52 bits per heavy atom. The van der Waals surface area contributed by atoms with Gasteiger partial charge in [-0.15, -0.1) is 0 Å². The lowest BCUT2D eigenvalue weighted by atomic mass is 10.2. The van der Waals surface area contributed by atoms with E-state index in [1.165, 1.54) is 0 Å². The first-order chi connectivity index (χ1) is 11.1. The summed E-state index contributed by atoms with van der Waals surface area (Å²) in [6.45, 7) is 0.320. The summed E-state index contributed by atoms with van der Waals surface area (Å²) in [5.41, 5.74) is 0.891. The van der Waals surface area contributed by atoms with E-state index in [-0.39, 0.29) is 31.0 Å². The quantitative estimate of drug-likeness (QED) is 0.884. The van der Waals surface area contributed by atoms with Crippen LogP contribution < -0.4 is 15.4 Å². The third kappa shape index (κ3) is 3.48. The summed E-state index contributed by atoms with van der Waals surface area (Å²) in [4.78, 5) is 25.4. The molecule has 0 bridgehead atoms. The zero-order valence-electron chi connectivity index (χ0n) is 12.3. The maximum atomic E-state index is 12.4. The second-order valence-corrected chi connectivity index (χ2v) is 5.84. The van der Waals surface area contributed by atoms with Gasteiger partial charge in [0.25, 0.3) is 5.91 Å². The minimum atomic E-state index is -0.288. The molecule has 23 heavy (non-hydrogen) atoms. The summed E-state index contributed by atoms with van der Waals surface area (Å²) in [7, 11) is 0. The number of hydrogen-bond acceptors (Lipinski definition) is 4. The molecule has 0 radical (unpaired) electrons. The van der Waals surface area contributed by atoms with E-state index in [9.17, 15) is 9.59 Å². The number of rotatable bonds is 4. The van der Waals surface area contributed by atoms with Gasteiger partial charge in [0, 0.05) is 18.7 Å². The highest BCUT2D eigenvalue weighted by atomic mass is 35.5. The Kier molecular flexibility index (Phi) is 4.26. The fraction of sp³-hybridized carbons (Fsp3) is 0.400. The van der Waals surface area contributed by atoms with Crippen LogP contribution in [0.2, 0.25) is 5.02 Å². The molecule has 120 valence electrons. The molecule has 1 aromatic carbocycles. The number of ether oxygens (including phenoxy) is 1. The highest BCUT2D eigenvalue weighted by Crippen LogP contribution is 2.37. The lowest BCUT2D eigenvalue weighted by Gasteiger charge is -2.23. The first kappa shape index (κ1) is 15.4. The van der Waals surface area contributed by atoms with Gasteiger partial charge in [-0.1, -0.05) is 11.6 Å². The number of nitrogens with zero attached hydrogens (tertiary/aromatic N) is 2. The molecule has 2 N–H and O–H groups in total. The van der Waals surface area contributed by atoms with E-state index in [0.717, 1.165) is 12.8 Å². The number of carbonyl (C=O) groups is 2. The molecule has 1 heterocycles. The number of nitrogens with one attached hydrogen (secondary N) is 2. The van der Waals surface area contributed by atoms with Gasteiger partial charge in [-0.25, -0.2) is 4.79 Å². The molecule has 0 spiro atoms. The van der Waals surface area contributed by atoms with Crippen molar-refractivity contribution < 1.29 is 14.3 Å². The van der Waals surface area contributed by atoms with E-state index in [1.54, 1.807) is 17.0 Å². The second-order valence-electron chi connectivity index (χ2n) is 5.43. The zero-order chi connectivity index (χ0) is 16.4. The average Bonchev–Trinajstić information content (AvgIpc) is 3.33. The van der Waals surface area contributed by atoms with Crippen LogP contribution in [0.25, 0.3) is 0 Å². The van der Waals surface area contributed by atoms with Crippen molar-refractivity contribution in [3.05, 3.63) is 17.2 Å². The molecule has 0 unspecified atom stereocenters. The number of amides is 3. The van der Waals surface area contributed by atoms with Gasteiger partial charge in [0.1, 0.15) is 5.75 Å². The number of urea groups is 1. The van der Waals surface area contributed by atoms with Gasteiger partial charge in [0.05, 0.1) is 28.9 Å². The lowest BCUT2D eigenvalue weighted by Crippen LogP contribution is -2.37. The molecule has 3 amide bonds. The van der Waals surface area contributed by atoms with Crippen LogP contribution in [0.1, 0.15) is 19.3 Å². The van der Waals surface area contributed by atoms with Crippen molar-refractivity contribution in [2.45, 2.75) is 25.3 Å². The molecule has 7 nitrogen and oxygen atoms in total. The van der Waals surface area contributed by atoms with E-state index < -0.39 is 0 Å². The molecule has 0 atom stereocenters. The van der Waals surface area contributed by atoms with Crippen molar-refractivity contribution in [2.24, 2.45) is 0 Å². The van der Waals surface area contributed by atoms with Crippen LogP contribution in [0.4, 0.5) is 16.2 Å². The maximum Gasteiger partial charge on any atom is 0.322 e. The van der Waals surface area contributed by atoms with Crippen LogP contribution in [0.3, 0.4) is 0 Å². The van der Waals surface area contributed by atoms with Gasteiger partial charge in [-0.05, 0) is 18.9 Å². The Hall–Kier alpha value is -2.46. The molecule has 1 aliphatic heterocycles. The summed E-state index contributed by atoms with van der Waals surface area (Å²) in [5.74, 6) is 0.209. The standard InChI is InChI=1S/C15H15ClN4O3/c16-10-6-12-13(23-8-14(21)18-12)7-11(10)19-15(22)20(5-1-4-17)9-2-3-9/h6-7,9H,1-3,5,8H2,(H,18,21)(H,19,22). The SMILES string of the molecule is N#CCCN(C(=O)Nc1cc2c(cc1Cl)NC(=O)CO2)C1CC1. The highest BCUT2D eigenvalue weighted by Gasteiger charge is 2.32. The van der Waals surface area contributed by atoms with Gasteiger partial charge < -0.3 is 20.3 Å². The topological polar surface area (TPSA) is 94.5 Å². The molecule has 1 aliphatic carbocycles. The Morgan fingerprint density at radius 3 is 3.00 bits per heavy atom. The molecule has 2 aliphatic rings. The van der Waals surface area contributed by atoms with Gasteiger partial charge in [0.2, 0.25) is 0 Å². The van der Waals surface area contributed by atoms with E-state index in [4.69, 9.17) is 21.6 Å². The fourth-order valence-electron chi connectivity index (χ4n) is 2.39. The summed E-state index contributed by atoms with van der Waals surface area (Å²) < 4.78 is 5.32. The van der Waals surface area contributed by atoms with Gasteiger partial charge in [-0.3, -0.25) is 4.79 Å². The third-order valence-electron chi connectivity index (χ3n) is 3.66. The van der Waals surface area contributed by atoms with Crippen LogP contribution >= 0.6 is 11.6 Å². The number of carbonyl (C=O) groups excluding carboxylic acids is 2. The minimum absolute atomic E-state index is 0.0710. The number of fused-ring (bicyclic) bond motifs is 1. The molecule has 1 fully saturated rings. The number of halogens is 1. The summed E-state index contributed by atoms with van der Waals surface area (Å²) in [5, 5.41) is 14.4. The minimum Gasteiger partial charge on any atom is -0.482 e. The Balaban J connectivity index is 1.75. The lowest BCUT2D eigenvalue weighted by molar-refractivity contribution is -0.118. The summed E-state index contributed by atoms with van der Waals surface area (Å²) >= 11 is 6.16. The van der Waals surface area contributed by atoms with Crippen LogP contribution in [0, 0.1) is 11.3 Å². The second kappa shape index (κ2) is 6.34. The first-order valence-corrected chi connectivity index (χ1v) is 7.67. The van der Waals surface area contributed by atoms with Crippen molar-refractivity contribution in [1.82, 2.24) is 4.90 Å². The largest absolute Gasteiger partial charge is 0.482 e. The molecule has 8 heteroatoms. The van der Waals surface area contributed by atoms with E-state index in [2.05, 4.69) is 10.6 Å². The highest BCUT2D eigenvalue weighted by molar-refractivity contribution is 6.34. The van der Waals surface area contributed by atoms with Crippen molar-refractivity contribution in [2.75, 3.05) is 23.8 Å². The number of hydrogen-bond donors (Lipinski definition) is 2. The first-order valence-electron chi connectivity index (χ1n) is 7.29. The van der Waals surface area contributed by atoms with Crippen LogP contribution in [-0.2, 0) is 4.79 Å². The van der Waals surface area contributed by atoms with Crippen molar-refractivity contribution in [3.8, 4) is 11.8 Å². The monoisotopic (exact) mass is 334 g/mol. The molecule has 1 saturated carbocycles. The van der Waals surface area contributed by atoms with E-state index >= 15 is 0 Å². The van der Waals surface area contributed by atoms with Gasteiger partial charge in [-0.2, -0.15) is 5.26 Å². The molecular weight excluding hydrogens is 320 g/mol. The van der Waals surface area contributed by atoms with Crippen LogP contribution in [-0.4, -0.2) is 36.0 Å². The molecule has 1 aromatic rings. The Bertz CT molecular complexity index is 697. The fourth-order valence-corrected chi connectivity index (χ4v) is 2.60. The number of nitriles is 1. The Labute approximate surface area is 138 Å². The predicted molar refractivity (Wildman–Crippen MR) is 84.6 cm³/mol. The molecular formula is C15H15ClN4O3. The van der Waals surface area contributed by atoms with Crippen molar-refractivity contribution in [3.63, 3.8) is 0 Å². The van der Waals surface area contributed by atoms with E-state index in [0.29, 0.717) is 28.7 Å². The van der Waals surface area contributed by atoms with Crippen molar-refractivity contribution in [1.29, 1.82) is 5.26 Å². The molecule has 0 aromatic heterocycles. The van der Waals surface area contributed by atoms with Crippen molar-refractivity contribution >= 4 is 34.9 Å². The zero-order valence-corrected chi connectivity index (χ0v) is 13.0. The third-order valence-corrected chi connectivity index (χ3v) is 3.97. The van der Waals surface area contributed by atoms with Crippen LogP contribution in [0.15, 0.2) is 12.1 Å². The van der Waals surface area contributed by atoms with Gasteiger partial charge in [0.15, 0.2) is 6.61 Å². The summed E-state index contributed by atoms with van der Waals surface area (Å²) in [6.07, 6.45) is 2.19. The molecule has 3 rings (SSSR count). The number of anilines is 2. The maximum absolute atomic E-state index is 12.4. The van der Waals surface area contributed by atoms with Crippen LogP contribution in [0.5, 0.6) is 5.75 Å². The predicted octanol–water partition coefficient (Wildman–Crippen LogP) is 2.58. The average molecular weight is 335 g/mol.